The minimum Gasteiger partial charge on any atom is -0.461 e. The highest BCUT2D eigenvalue weighted by Gasteiger charge is 2.19. The van der Waals surface area contributed by atoms with E-state index in [9.17, 15) is 4.79 Å². The average Bonchev–Trinajstić information content (AvgIpc) is 2.78. The molecule has 1 rings (SSSR count). The summed E-state index contributed by atoms with van der Waals surface area (Å²) in [5, 5.41) is 4.29. The number of carbonyl (C=O) groups excluding carboxylic acids is 1. The van der Waals surface area contributed by atoms with E-state index < -0.39 is 0 Å². The van der Waals surface area contributed by atoms with Gasteiger partial charge in [0, 0.05) is 25.8 Å². The predicted octanol–water partition coefficient (Wildman–Crippen LogP) is 3.07. The molecule has 20 heavy (non-hydrogen) atoms. The molecule has 0 aliphatic heterocycles. The lowest BCUT2D eigenvalue weighted by molar-refractivity contribution is 0.0517. The zero-order chi connectivity index (χ0) is 15.5. The second-order valence-corrected chi connectivity index (χ2v) is 3.85. The number of rotatable bonds is 7. The quantitative estimate of drug-likeness (QED) is 0.569. The molecular formula is C15H26N2O3. The Balaban J connectivity index is 0.00000172. The lowest BCUT2D eigenvalue weighted by Gasteiger charge is -2.03. The third-order valence-corrected chi connectivity index (χ3v) is 2.62. The van der Waals surface area contributed by atoms with Crippen molar-refractivity contribution in [1.29, 1.82) is 0 Å². The predicted molar refractivity (Wildman–Crippen MR) is 80.9 cm³/mol. The summed E-state index contributed by atoms with van der Waals surface area (Å²) in [6.45, 7) is 13.1. The monoisotopic (exact) mass is 282 g/mol. The summed E-state index contributed by atoms with van der Waals surface area (Å²) in [5.41, 5.74) is 2.03. The van der Waals surface area contributed by atoms with Gasteiger partial charge in [0.05, 0.1) is 12.3 Å². The number of aryl methyl sites for hydroxylation is 1. The van der Waals surface area contributed by atoms with Crippen LogP contribution in [0.5, 0.6) is 0 Å². The number of nitrogens with zero attached hydrogens (tertiary/aromatic N) is 2. The third kappa shape index (κ3) is 4.81. The maximum atomic E-state index is 11.7. The molecule has 0 aliphatic carbocycles. The molecule has 0 spiro atoms. The molecule has 114 valence electrons. The van der Waals surface area contributed by atoms with Crippen molar-refractivity contribution < 1.29 is 14.3 Å². The number of esters is 1. The Morgan fingerprint density at radius 2 is 2.10 bits per heavy atom. The molecule has 1 aromatic rings. The summed E-state index contributed by atoms with van der Waals surface area (Å²) in [7, 11) is 1.66. The number of ether oxygens (including phenoxy) is 2. The number of hydrogen-bond donors (Lipinski definition) is 0. The van der Waals surface area contributed by atoms with E-state index in [1.807, 2.05) is 20.8 Å². The van der Waals surface area contributed by atoms with Gasteiger partial charge in [0.2, 0.25) is 0 Å². The zero-order valence-electron chi connectivity index (χ0n) is 13.2. The number of hydrogen-bond acceptors (Lipinski definition) is 4. The van der Waals surface area contributed by atoms with E-state index in [4.69, 9.17) is 9.47 Å². The second kappa shape index (κ2) is 10.2. The Kier molecular flexibility index (Phi) is 9.38. The topological polar surface area (TPSA) is 53.3 Å². The van der Waals surface area contributed by atoms with Crippen LogP contribution in [0.1, 0.15) is 48.9 Å². The van der Waals surface area contributed by atoms with Gasteiger partial charge in [-0.05, 0) is 26.3 Å². The number of methoxy groups -OCH3 is 1. The smallest absolute Gasteiger partial charge is 0.359 e. The molecule has 0 aliphatic rings. The molecule has 0 N–H and O–H groups in total. The summed E-state index contributed by atoms with van der Waals surface area (Å²) in [4.78, 5) is 11.7. The van der Waals surface area contributed by atoms with Gasteiger partial charge in [-0.1, -0.05) is 20.4 Å². The van der Waals surface area contributed by atoms with Crippen LogP contribution in [0, 0.1) is 6.92 Å². The lowest BCUT2D eigenvalue weighted by Crippen LogP contribution is -2.09. The van der Waals surface area contributed by atoms with Gasteiger partial charge in [0.15, 0.2) is 5.69 Å². The van der Waals surface area contributed by atoms with Crippen molar-refractivity contribution in [3.05, 3.63) is 23.5 Å². The van der Waals surface area contributed by atoms with Crippen LogP contribution in [-0.4, -0.2) is 36.1 Å². The minimum atomic E-state index is -0.386. The van der Waals surface area contributed by atoms with Gasteiger partial charge in [0.1, 0.15) is 0 Å². The van der Waals surface area contributed by atoms with Crippen LogP contribution in [0.15, 0.2) is 6.58 Å². The summed E-state index contributed by atoms with van der Waals surface area (Å²) >= 11 is 0. The molecule has 0 atom stereocenters. The van der Waals surface area contributed by atoms with Crippen molar-refractivity contribution in [3.63, 3.8) is 0 Å². The van der Waals surface area contributed by atoms with E-state index in [2.05, 4.69) is 11.7 Å². The second-order valence-electron chi connectivity index (χ2n) is 3.85. The van der Waals surface area contributed by atoms with Crippen molar-refractivity contribution in [2.45, 2.75) is 40.7 Å². The molecule has 5 heteroatoms. The third-order valence-electron chi connectivity index (χ3n) is 2.62. The molecule has 1 aromatic heterocycles. The Hall–Kier alpha value is -1.62. The maximum absolute atomic E-state index is 11.7. The first kappa shape index (κ1) is 18.4. The van der Waals surface area contributed by atoms with Crippen molar-refractivity contribution in [1.82, 2.24) is 9.78 Å². The Labute approximate surface area is 121 Å². The highest BCUT2D eigenvalue weighted by atomic mass is 16.5. The summed E-state index contributed by atoms with van der Waals surface area (Å²) in [6.07, 6.45) is 2.54. The Morgan fingerprint density at radius 1 is 1.45 bits per heavy atom. The Morgan fingerprint density at radius 3 is 2.60 bits per heavy atom. The largest absolute Gasteiger partial charge is 0.461 e. The van der Waals surface area contributed by atoms with E-state index in [-0.39, 0.29) is 5.97 Å². The molecule has 0 bridgehead atoms. The van der Waals surface area contributed by atoms with E-state index in [0.29, 0.717) is 25.5 Å². The van der Waals surface area contributed by atoms with Gasteiger partial charge in [-0.15, -0.1) is 0 Å². The fraction of sp³-hybridized carbons (Fsp3) is 0.600. The van der Waals surface area contributed by atoms with Gasteiger partial charge in [-0.25, -0.2) is 4.79 Å². The molecule has 1 heterocycles. The SMILES string of the molecule is C=Cc1c(C)c(C(=O)OCC)nn1CCCOC.CC. The summed E-state index contributed by atoms with van der Waals surface area (Å²) in [6, 6.07) is 0. The van der Waals surface area contributed by atoms with E-state index in [0.717, 1.165) is 17.7 Å². The van der Waals surface area contributed by atoms with Crippen molar-refractivity contribution in [3.8, 4) is 0 Å². The zero-order valence-corrected chi connectivity index (χ0v) is 13.2. The van der Waals surface area contributed by atoms with Crippen LogP contribution in [0.2, 0.25) is 0 Å². The van der Waals surface area contributed by atoms with Crippen LogP contribution >= 0.6 is 0 Å². The molecule has 0 saturated carbocycles. The molecule has 0 aromatic carbocycles. The standard InChI is InChI=1S/C13H20N2O3.C2H6/c1-5-11-10(3)12(13(16)18-6-2)14-15(11)8-7-9-17-4;1-2/h5H,1,6-9H2,2-4H3;1-2H3. The number of aromatic nitrogens is 2. The number of carbonyl (C=O) groups is 1. The van der Waals surface area contributed by atoms with E-state index in [1.54, 1.807) is 24.8 Å². The van der Waals surface area contributed by atoms with Crippen LogP contribution in [0.4, 0.5) is 0 Å². The van der Waals surface area contributed by atoms with Crippen molar-refractivity contribution >= 4 is 12.0 Å². The van der Waals surface area contributed by atoms with Gasteiger partial charge < -0.3 is 9.47 Å². The minimum absolute atomic E-state index is 0.345. The van der Waals surface area contributed by atoms with Crippen molar-refractivity contribution in [2.75, 3.05) is 20.3 Å². The van der Waals surface area contributed by atoms with Gasteiger partial charge >= 0.3 is 5.97 Å². The average molecular weight is 282 g/mol. The van der Waals surface area contributed by atoms with Crippen LogP contribution < -0.4 is 0 Å². The van der Waals surface area contributed by atoms with Gasteiger partial charge in [0.25, 0.3) is 0 Å². The van der Waals surface area contributed by atoms with Crippen molar-refractivity contribution in [2.24, 2.45) is 0 Å². The van der Waals surface area contributed by atoms with Crippen LogP contribution in [-0.2, 0) is 16.0 Å². The fourth-order valence-electron chi connectivity index (χ4n) is 1.75. The highest BCUT2D eigenvalue weighted by molar-refractivity contribution is 5.89. The first-order valence-electron chi connectivity index (χ1n) is 7.01. The fourth-order valence-corrected chi connectivity index (χ4v) is 1.75. The molecule has 0 amide bonds. The van der Waals surface area contributed by atoms with E-state index >= 15 is 0 Å². The molecule has 0 unspecified atom stereocenters. The molecule has 5 nitrogen and oxygen atoms in total. The van der Waals surface area contributed by atoms with Gasteiger partial charge in [-0.3, -0.25) is 4.68 Å². The first-order valence-corrected chi connectivity index (χ1v) is 7.01. The first-order chi connectivity index (χ1) is 9.65. The Bertz CT molecular complexity index is 425. The maximum Gasteiger partial charge on any atom is 0.359 e. The molecular weight excluding hydrogens is 256 g/mol. The molecule has 0 saturated heterocycles. The van der Waals surface area contributed by atoms with Gasteiger partial charge in [-0.2, -0.15) is 5.10 Å². The van der Waals surface area contributed by atoms with Crippen LogP contribution in [0.25, 0.3) is 6.08 Å². The highest BCUT2D eigenvalue weighted by Crippen LogP contribution is 2.16. The summed E-state index contributed by atoms with van der Waals surface area (Å²) < 4.78 is 11.7. The van der Waals surface area contributed by atoms with Crippen LogP contribution in [0.3, 0.4) is 0 Å². The normalized spacial score (nSPS) is 9.65. The van der Waals surface area contributed by atoms with E-state index in [1.165, 1.54) is 0 Å². The molecule has 0 radical (unpaired) electrons. The summed E-state index contributed by atoms with van der Waals surface area (Å²) in [5.74, 6) is -0.386. The molecule has 0 fully saturated rings. The lowest BCUT2D eigenvalue weighted by atomic mass is 10.2.